The van der Waals surface area contributed by atoms with Gasteiger partial charge in [0.15, 0.2) is 11.8 Å². The number of hydrogen-bond donors (Lipinski definition) is 1. The van der Waals surface area contributed by atoms with Crippen molar-refractivity contribution in [1.29, 1.82) is 0 Å². The zero-order valence-electron chi connectivity index (χ0n) is 16.3. The summed E-state index contributed by atoms with van der Waals surface area (Å²) in [5, 5.41) is 2.82. The molecule has 3 rings (SSSR count). The van der Waals surface area contributed by atoms with Crippen LogP contribution < -0.4 is 11.1 Å². The largest absolute Gasteiger partial charge is 0.419 e. The maximum Gasteiger partial charge on any atom is 0.419 e. The number of methoxy groups -OCH3 is 1. The molecule has 1 aromatic heterocycles. The first-order valence-electron chi connectivity index (χ1n) is 9.09. The predicted molar refractivity (Wildman–Crippen MR) is 99.8 cm³/mol. The maximum atomic E-state index is 14.1. The minimum Gasteiger partial charge on any atom is -0.407 e. The summed E-state index contributed by atoms with van der Waals surface area (Å²) < 4.78 is 26.0. The van der Waals surface area contributed by atoms with Crippen LogP contribution in [0.3, 0.4) is 0 Å². The number of benzene rings is 1. The van der Waals surface area contributed by atoms with Gasteiger partial charge in [-0.15, -0.1) is 0 Å². The molecule has 8 nitrogen and oxygen atoms in total. The minimum absolute atomic E-state index is 0.144. The normalized spacial score (nSPS) is 20.7. The summed E-state index contributed by atoms with van der Waals surface area (Å²) in [6, 6.07) is 4.38. The molecule has 3 atom stereocenters. The molecule has 0 saturated carbocycles. The Morgan fingerprint density at radius 3 is 2.68 bits per heavy atom. The number of amides is 2. The summed E-state index contributed by atoms with van der Waals surface area (Å²) >= 11 is 0. The quantitative estimate of drug-likeness (QED) is 0.821. The number of nitrogens with zero attached hydrogens (tertiary/aromatic N) is 2. The third-order valence-corrected chi connectivity index (χ3v) is 5.08. The number of ether oxygens (including phenoxy) is 1. The van der Waals surface area contributed by atoms with E-state index in [0.29, 0.717) is 5.52 Å². The van der Waals surface area contributed by atoms with Gasteiger partial charge in [-0.1, -0.05) is 19.9 Å². The Morgan fingerprint density at radius 2 is 2.04 bits per heavy atom. The number of rotatable bonds is 5. The summed E-state index contributed by atoms with van der Waals surface area (Å²) in [7, 11) is 3.03. The molecule has 1 aromatic carbocycles. The molecule has 1 aliphatic heterocycles. The molecule has 2 aromatic rings. The number of para-hydroxylation sites is 1. The molecule has 1 unspecified atom stereocenters. The fraction of sp³-hybridized carbons (Fsp3) is 0.526. The average Bonchev–Trinajstić information content (AvgIpc) is 3.21. The van der Waals surface area contributed by atoms with Gasteiger partial charge < -0.3 is 19.4 Å². The van der Waals surface area contributed by atoms with Crippen LogP contribution in [0.4, 0.5) is 4.39 Å². The van der Waals surface area contributed by atoms with Crippen LogP contribution in [0.1, 0.15) is 24.2 Å². The zero-order chi connectivity index (χ0) is 20.6. The Bertz CT molecular complexity index is 951. The number of fused-ring (bicyclic) bond motifs is 1. The van der Waals surface area contributed by atoms with Gasteiger partial charge in [0.05, 0.1) is 23.2 Å². The summed E-state index contributed by atoms with van der Waals surface area (Å²) in [5.74, 6) is -2.06. The van der Waals surface area contributed by atoms with E-state index < -0.39 is 41.8 Å². The highest BCUT2D eigenvalue weighted by Crippen LogP contribution is 2.21. The third-order valence-electron chi connectivity index (χ3n) is 5.08. The second-order valence-electron chi connectivity index (χ2n) is 7.32. The topological polar surface area (TPSA) is 93.8 Å². The van der Waals surface area contributed by atoms with Crippen molar-refractivity contribution in [2.45, 2.75) is 32.2 Å². The Balaban J connectivity index is 1.79. The van der Waals surface area contributed by atoms with Crippen LogP contribution in [-0.4, -0.2) is 59.8 Å². The second kappa shape index (κ2) is 7.75. The smallest absolute Gasteiger partial charge is 0.407 e. The van der Waals surface area contributed by atoms with Gasteiger partial charge in [0, 0.05) is 27.2 Å². The van der Waals surface area contributed by atoms with Gasteiger partial charge in [0.1, 0.15) is 0 Å². The molecule has 9 heteroatoms. The number of nitrogens with one attached hydrogen (secondary N) is 1. The van der Waals surface area contributed by atoms with Crippen LogP contribution in [0.25, 0.3) is 11.1 Å². The molecule has 2 heterocycles. The van der Waals surface area contributed by atoms with Crippen LogP contribution in [0.15, 0.2) is 27.4 Å². The van der Waals surface area contributed by atoms with Gasteiger partial charge in [0.2, 0.25) is 0 Å². The number of halogens is 1. The van der Waals surface area contributed by atoms with Crippen molar-refractivity contribution in [2.24, 2.45) is 13.0 Å². The molecule has 0 radical (unpaired) electrons. The first-order valence-corrected chi connectivity index (χ1v) is 9.09. The number of aryl methyl sites for hydroxylation is 1. The zero-order valence-corrected chi connectivity index (χ0v) is 16.3. The molecule has 152 valence electrons. The highest BCUT2D eigenvalue weighted by atomic mass is 19.1. The number of likely N-dealkylation sites (tertiary alicyclic amines) is 1. The second-order valence-corrected chi connectivity index (χ2v) is 7.32. The van der Waals surface area contributed by atoms with Crippen molar-refractivity contribution in [3.8, 4) is 0 Å². The number of hydrogen-bond acceptors (Lipinski definition) is 5. The highest BCUT2D eigenvalue weighted by molar-refractivity contribution is 6.04. The minimum atomic E-state index is -1.60. The van der Waals surface area contributed by atoms with Crippen molar-refractivity contribution in [2.75, 3.05) is 20.2 Å². The molecule has 0 aliphatic carbocycles. The molecule has 0 spiro atoms. The highest BCUT2D eigenvalue weighted by Gasteiger charge is 2.39. The van der Waals surface area contributed by atoms with Gasteiger partial charge >= 0.3 is 5.76 Å². The fourth-order valence-corrected chi connectivity index (χ4v) is 3.37. The molecule has 0 bridgehead atoms. The van der Waals surface area contributed by atoms with Crippen LogP contribution >= 0.6 is 0 Å². The van der Waals surface area contributed by atoms with E-state index in [0.717, 1.165) is 0 Å². The van der Waals surface area contributed by atoms with E-state index in [-0.39, 0.29) is 24.2 Å². The summed E-state index contributed by atoms with van der Waals surface area (Å²) in [6.07, 6.45) is -2.06. The average molecular weight is 393 g/mol. The lowest BCUT2D eigenvalue weighted by atomic mass is 10.1. The number of alkyl halides is 1. The van der Waals surface area contributed by atoms with Crippen molar-refractivity contribution >= 4 is 22.9 Å². The standard InChI is InChI=1S/C19H24FN3O5/c1-10(2)15(20)18(25)23-8-12(14(9-23)27-4)21-17(24)11-6-5-7-13-16(11)28-19(26)22(13)3/h5-7,10,12,14-15H,8-9H2,1-4H3,(H,21,24)/t12-,14-,15?/m1/s1. The number of carbonyl (C=O) groups excluding carboxylic acids is 2. The summed E-state index contributed by atoms with van der Waals surface area (Å²) in [6.45, 7) is 3.61. The van der Waals surface area contributed by atoms with Gasteiger partial charge in [-0.25, -0.2) is 9.18 Å². The van der Waals surface area contributed by atoms with E-state index in [1.165, 1.54) is 16.6 Å². The van der Waals surface area contributed by atoms with E-state index in [1.807, 2.05) is 0 Å². The number of aromatic nitrogens is 1. The Morgan fingerprint density at radius 1 is 1.32 bits per heavy atom. The van der Waals surface area contributed by atoms with Crippen molar-refractivity contribution in [3.05, 3.63) is 34.3 Å². The molecular weight excluding hydrogens is 369 g/mol. The van der Waals surface area contributed by atoms with Crippen LogP contribution in [-0.2, 0) is 16.6 Å². The van der Waals surface area contributed by atoms with Crippen molar-refractivity contribution < 1.29 is 23.1 Å². The SMILES string of the molecule is CO[C@@H]1CN(C(=O)C(F)C(C)C)C[C@H]1NC(=O)c1cccc2c1oc(=O)n2C. The van der Waals surface area contributed by atoms with E-state index >= 15 is 0 Å². The Labute approximate surface area is 161 Å². The fourth-order valence-electron chi connectivity index (χ4n) is 3.37. The summed E-state index contributed by atoms with van der Waals surface area (Å²) in [5.41, 5.74) is 0.901. The molecule has 2 amide bonds. The van der Waals surface area contributed by atoms with E-state index in [4.69, 9.17) is 9.15 Å². The first-order chi connectivity index (χ1) is 13.2. The molecule has 1 aliphatic rings. The van der Waals surface area contributed by atoms with Crippen LogP contribution in [0.2, 0.25) is 0 Å². The van der Waals surface area contributed by atoms with Crippen molar-refractivity contribution in [3.63, 3.8) is 0 Å². The Hall–Kier alpha value is -2.68. The van der Waals surface area contributed by atoms with E-state index in [9.17, 15) is 18.8 Å². The third kappa shape index (κ3) is 3.54. The van der Waals surface area contributed by atoms with Gasteiger partial charge in [-0.05, 0) is 18.1 Å². The summed E-state index contributed by atoms with van der Waals surface area (Å²) in [4.78, 5) is 38.2. The van der Waals surface area contributed by atoms with Gasteiger partial charge in [0.25, 0.3) is 11.8 Å². The van der Waals surface area contributed by atoms with Gasteiger partial charge in [-0.2, -0.15) is 0 Å². The van der Waals surface area contributed by atoms with Crippen LogP contribution in [0, 0.1) is 5.92 Å². The molecular formula is C19H24FN3O5. The molecule has 1 fully saturated rings. The Kier molecular flexibility index (Phi) is 5.55. The van der Waals surface area contributed by atoms with Crippen LogP contribution in [0.5, 0.6) is 0 Å². The predicted octanol–water partition coefficient (Wildman–Crippen LogP) is 1.08. The monoisotopic (exact) mass is 393 g/mol. The van der Waals surface area contributed by atoms with E-state index in [2.05, 4.69) is 5.32 Å². The number of oxazole rings is 1. The molecule has 1 N–H and O–H groups in total. The number of carbonyl (C=O) groups is 2. The lowest BCUT2D eigenvalue weighted by molar-refractivity contribution is -0.137. The lowest BCUT2D eigenvalue weighted by Gasteiger charge is -2.20. The maximum absolute atomic E-state index is 14.1. The van der Waals surface area contributed by atoms with Gasteiger partial charge in [-0.3, -0.25) is 14.2 Å². The first kappa shape index (κ1) is 20.1. The van der Waals surface area contributed by atoms with E-state index in [1.54, 1.807) is 39.1 Å². The molecule has 1 saturated heterocycles. The lowest BCUT2D eigenvalue weighted by Crippen LogP contribution is -2.44. The molecule has 28 heavy (non-hydrogen) atoms. The van der Waals surface area contributed by atoms with Crippen molar-refractivity contribution in [1.82, 2.24) is 14.8 Å².